The molecule has 0 spiro atoms. The van der Waals surface area contributed by atoms with Crippen molar-refractivity contribution in [3.05, 3.63) is 11.1 Å². The topological polar surface area (TPSA) is 0 Å². The molecule has 9 saturated carbocycles. The van der Waals surface area contributed by atoms with Crippen LogP contribution < -0.4 is 0 Å². The molecule has 0 amide bonds. The molecule has 0 aromatic carbocycles. The highest BCUT2D eigenvalue weighted by molar-refractivity contribution is 5.57. The second kappa shape index (κ2) is 2.23. The largest absolute Gasteiger partial charge is 0.0659 e. The Balaban J connectivity index is 1.54. The molecule has 16 atom stereocenters. The predicted octanol–water partition coefficient (Wildman–Crippen LogP) is 4.23. The number of allylic oxidation sites excluding steroid dienone is 2. The van der Waals surface area contributed by atoms with Gasteiger partial charge in [0.1, 0.15) is 0 Å². The molecular weight excluding hydrogens is 276 g/mol. The van der Waals surface area contributed by atoms with E-state index in [0.717, 1.165) is 45.8 Å². The van der Waals surface area contributed by atoms with Crippen molar-refractivity contribution in [2.24, 2.45) is 93.2 Å². The fraction of sp³-hybridized carbons (Fsp3) is 0.913. The van der Waals surface area contributed by atoms with Crippen LogP contribution in [0.1, 0.15) is 33.6 Å². The fourth-order valence-electron chi connectivity index (χ4n) is 15.2. The molecule has 23 heavy (non-hydrogen) atoms. The minimum atomic E-state index is 0.725. The standard InChI is InChI=1S/C23H26/c1-21-5-8-11-17-13-12-15-9-6(14(8)22(15,17)2)4-7-10(9)16(12)23(3,20(7)21)19(13)18(11)21/h6-7,9-13,15-20H,4-5H2,1-3H3/t6-,7+,9+,10-,11-,12+,13-,15-,16-,17+,18+,19+,20+,21+,22+,23+/m0/s1. The van der Waals surface area contributed by atoms with Crippen LogP contribution >= 0.6 is 0 Å². The Morgan fingerprint density at radius 3 is 2.52 bits per heavy atom. The highest BCUT2D eigenvalue weighted by atomic mass is 15.0. The first-order chi connectivity index (χ1) is 11.1. The summed E-state index contributed by atoms with van der Waals surface area (Å²) in [6, 6.07) is 0. The van der Waals surface area contributed by atoms with E-state index in [4.69, 9.17) is 0 Å². The molecule has 0 aromatic rings. The third kappa shape index (κ3) is 0.544. The molecule has 10 aliphatic carbocycles. The van der Waals surface area contributed by atoms with Gasteiger partial charge in [0, 0.05) is 0 Å². The molecule has 0 aliphatic heterocycles. The number of hydrogen-bond donors (Lipinski definition) is 0. The number of hydrogen-bond acceptors (Lipinski definition) is 0. The summed E-state index contributed by atoms with van der Waals surface area (Å²) < 4.78 is 0. The first kappa shape index (κ1) is 10.7. The Hall–Kier alpha value is -0.260. The lowest BCUT2D eigenvalue weighted by Crippen LogP contribution is -2.39. The molecule has 0 N–H and O–H groups in total. The van der Waals surface area contributed by atoms with Gasteiger partial charge in [-0.05, 0) is 106 Å². The van der Waals surface area contributed by atoms with Crippen molar-refractivity contribution in [1.82, 2.24) is 0 Å². The third-order valence-corrected chi connectivity index (χ3v) is 13.7. The van der Waals surface area contributed by atoms with Crippen molar-refractivity contribution in [2.75, 3.05) is 0 Å². The lowest BCUT2D eigenvalue weighted by Gasteiger charge is -2.44. The molecule has 0 radical (unpaired) electrons. The van der Waals surface area contributed by atoms with Gasteiger partial charge in [0.15, 0.2) is 0 Å². The van der Waals surface area contributed by atoms with E-state index in [1.165, 1.54) is 47.3 Å². The van der Waals surface area contributed by atoms with Crippen molar-refractivity contribution >= 4 is 0 Å². The van der Waals surface area contributed by atoms with Gasteiger partial charge >= 0.3 is 0 Å². The summed E-state index contributed by atoms with van der Waals surface area (Å²) in [5, 5.41) is 0. The van der Waals surface area contributed by atoms with Crippen LogP contribution in [0.5, 0.6) is 0 Å². The second-order valence-electron chi connectivity index (χ2n) is 12.7. The molecule has 10 aliphatic rings. The van der Waals surface area contributed by atoms with Gasteiger partial charge in [-0.25, -0.2) is 0 Å². The number of rotatable bonds is 0. The monoisotopic (exact) mass is 302 g/mol. The lowest BCUT2D eigenvalue weighted by atomic mass is 9.60. The summed E-state index contributed by atoms with van der Waals surface area (Å²) in [4.78, 5) is 0. The molecule has 0 bridgehead atoms. The Bertz CT molecular complexity index is 850. The fourth-order valence-corrected chi connectivity index (χ4v) is 15.2. The van der Waals surface area contributed by atoms with Crippen molar-refractivity contribution in [2.45, 2.75) is 33.6 Å². The Kier molecular flexibility index (Phi) is 1.03. The summed E-state index contributed by atoms with van der Waals surface area (Å²) in [5.74, 6) is 15.1. The van der Waals surface area contributed by atoms with Crippen molar-refractivity contribution in [3.63, 3.8) is 0 Å². The van der Waals surface area contributed by atoms with E-state index in [0.29, 0.717) is 0 Å². The molecular formula is C23H26. The van der Waals surface area contributed by atoms with Crippen LogP contribution in [0.3, 0.4) is 0 Å². The minimum absolute atomic E-state index is 0.725. The lowest BCUT2D eigenvalue weighted by molar-refractivity contribution is 0.0529. The summed E-state index contributed by atoms with van der Waals surface area (Å²) in [7, 11) is 0. The van der Waals surface area contributed by atoms with Crippen LogP contribution in [-0.2, 0) is 0 Å². The van der Waals surface area contributed by atoms with Crippen LogP contribution in [0.25, 0.3) is 0 Å². The van der Waals surface area contributed by atoms with Crippen LogP contribution in [0, 0.1) is 93.2 Å². The van der Waals surface area contributed by atoms with Crippen molar-refractivity contribution in [3.8, 4) is 0 Å². The molecule has 0 heterocycles. The third-order valence-electron chi connectivity index (χ3n) is 13.7. The van der Waals surface area contributed by atoms with Crippen molar-refractivity contribution in [1.29, 1.82) is 0 Å². The summed E-state index contributed by atoms with van der Waals surface area (Å²) in [6.07, 6.45) is 3.23. The molecule has 0 unspecified atom stereocenters. The highest BCUT2D eigenvalue weighted by Gasteiger charge is 2.97. The SMILES string of the molecule is C[C@@]12CC3=C4[C@H]5C[C@@H]6[C@H]7[C@@H]5[C@H]5[C@H]8[C@H]9[C@@H]([C@H]3[C@@H]1[C@@H]9[C@@](C)([C@H]87)[C@H]62)[C@]45C. The first-order valence-corrected chi connectivity index (χ1v) is 10.8. The molecule has 10 rings (SSSR count). The maximum atomic E-state index is 2.87. The zero-order chi connectivity index (χ0) is 14.6. The maximum Gasteiger partial charge on any atom is -0.00398 e. The molecule has 0 heteroatoms. The summed E-state index contributed by atoms with van der Waals surface area (Å²) in [6.45, 7) is 8.50. The van der Waals surface area contributed by atoms with Crippen molar-refractivity contribution < 1.29 is 0 Å². The maximum absolute atomic E-state index is 2.87. The molecule has 9 fully saturated rings. The quantitative estimate of drug-likeness (QED) is 0.588. The summed E-state index contributed by atoms with van der Waals surface area (Å²) in [5.41, 5.74) is 6.56. The first-order valence-electron chi connectivity index (χ1n) is 10.8. The summed E-state index contributed by atoms with van der Waals surface area (Å²) >= 11 is 0. The van der Waals surface area contributed by atoms with E-state index in [1.807, 2.05) is 0 Å². The smallest absolute Gasteiger partial charge is 0.00398 e. The van der Waals surface area contributed by atoms with Gasteiger partial charge in [-0.2, -0.15) is 0 Å². The predicted molar refractivity (Wildman–Crippen MR) is 86.0 cm³/mol. The van der Waals surface area contributed by atoms with Gasteiger partial charge in [0.25, 0.3) is 0 Å². The zero-order valence-corrected chi connectivity index (χ0v) is 14.4. The van der Waals surface area contributed by atoms with Crippen LogP contribution in [0.4, 0.5) is 0 Å². The van der Waals surface area contributed by atoms with Gasteiger partial charge < -0.3 is 0 Å². The van der Waals surface area contributed by atoms with Gasteiger partial charge in [0.2, 0.25) is 0 Å². The van der Waals surface area contributed by atoms with E-state index < -0.39 is 0 Å². The van der Waals surface area contributed by atoms with Gasteiger partial charge in [-0.3, -0.25) is 0 Å². The number of fused-ring (bicyclic) bond motifs is 3. The Morgan fingerprint density at radius 1 is 0.826 bits per heavy atom. The van der Waals surface area contributed by atoms with E-state index in [2.05, 4.69) is 31.9 Å². The minimum Gasteiger partial charge on any atom is -0.0659 e. The Morgan fingerprint density at radius 2 is 1.65 bits per heavy atom. The molecule has 118 valence electrons. The van der Waals surface area contributed by atoms with Crippen LogP contribution in [0.15, 0.2) is 11.1 Å². The second-order valence-corrected chi connectivity index (χ2v) is 12.7. The molecule has 0 nitrogen and oxygen atoms in total. The Labute approximate surface area is 138 Å². The van der Waals surface area contributed by atoms with E-state index in [9.17, 15) is 0 Å². The van der Waals surface area contributed by atoms with Crippen LogP contribution in [0.2, 0.25) is 0 Å². The van der Waals surface area contributed by atoms with Gasteiger partial charge in [-0.15, -0.1) is 0 Å². The van der Waals surface area contributed by atoms with Gasteiger partial charge in [0.05, 0.1) is 0 Å². The van der Waals surface area contributed by atoms with E-state index >= 15 is 0 Å². The normalized spacial score (nSPS) is 91.7. The average molecular weight is 302 g/mol. The average Bonchev–Trinajstić information content (AvgIpc) is 3.21. The van der Waals surface area contributed by atoms with Crippen LogP contribution in [-0.4, -0.2) is 0 Å². The van der Waals surface area contributed by atoms with Gasteiger partial charge in [-0.1, -0.05) is 31.9 Å². The van der Waals surface area contributed by atoms with E-state index in [-0.39, 0.29) is 0 Å². The van der Waals surface area contributed by atoms with E-state index in [1.54, 1.807) is 12.8 Å². The highest BCUT2D eigenvalue weighted by Crippen LogP contribution is 3.01. The molecule has 0 saturated heterocycles. The molecule has 0 aromatic heterocycles. The zero-order valence-electron chi connectivity index (χ0n) is 14.4.